The van der Waals surface area contributed by atoms with Crippen molar-refractivity contribution in [2.45, 2.75) is 39.8 Å². The van der Waals surface area contributed by atoms with E-state index in [0.717, 1.165) is 5.56 Å². The molecule has 0 aliphatic carbocycles. The van der Waals surface area contributed by atoms with E-state index in [1.807, 2.05) is 6.07 Å². The van der Waals surface area contributed by atoms with Crippen LogP contribution in [-0.4, -0.2) is 27.2 Å². The van der Waals surface area contributed by atoms with Crippen LogP contribution in [0.3, 0.4) is 0 Å². The molecular formula is C25H29ClFN5O3S. The lowest BCUT2D eigenvalue weighted by Crippen LogP contribution is -2.49. The van der Waals surface area contributed by atoms with Gasteiger partial charge in [-0.3, -0.25) is 9.36 Å². The van der Waals surface area contributed by atoms with E-state index in [4.69, 9.17) is 34.3 Å². The number of hydrogen-bond donors (Lipinski definition) is 4. The van der Waals surface area contributed by atoms with Crippen molar-refractivity contribution < 1.29 is 13.9 Å². The summed E-state index contributed by atoms with van der Waals surface area (Å²) in [6, 6.07) is 9.60. The molecule has 0 aliphatic rings. The Bertz CT molecular complexity index is 1330. The summed E-state index contributed by atoms with van der Waals surface area (Å²) in [5.41, 5.74) is 6.57. The smallest absolute Gasteiger partial charge is 0.325 e. The summed E-state index contributed by atoms with van der Waals surface area (Å²) in [4.78, 5) is 26.9. The van der Waals surface area contributed by atoms with E-state index in [2.05, 4.69) is 15.6 Å². The van der Waals surface area contributed by atoms with Gasteiger partial charge in [-0.25, -0.2) is 9.18 Å². The highest BCUT2D eigenvalue weighted by atomic mass is 35.5. The van der Waals surface area contributed by atoms with Gasteiger partial charge < -0.3 is 26.1 Å². The number of ether oxygens (including phenoxy) is 1. The Morgan fingerprint density at radius 1 is 1.25 bits per heavy atom. The SMILES string of the molecule is CC(C)(C)C(=O)OCC(C)(NC(=S)Nc1cccc(Cn2cc[nH]c2=O)c1N)c1ccc(F)c(Cl)c1. The van der Waals surface area contributed by atoms with Crippen LogP contribution in [0.25, 0.3) is 0 Å². The van der Waals surface area contributed by atoms with Gasteiger partial charge >= 0.3 is 11.7 Å². The number of anilines is 2. The Morgan fingerprint density at radius 2 is 1.97 bits per heavy atom. The topological polar surface area (TPSA) is 114 Å². The van der Waals surface area contributed by atoms with Crippen molar-refractivity contribution in [1.82, 2.24) is 14.9 Å². The van der Waals surface area contributed by atoms with Crippen LogP contribution in [0.1, 0.15) is 38.8 Å². The highest BCUT2D eigenvalue weighted by molar-refractivity contribution is 7.80. The second-order valence-electron chi connectivity index (χ2n) is 9.64. The minimum Gasteiger partial charge on any atom is -0.462 e. The molecule has 3 aromatic rings. The van der Waals surface area contributed by atoms with E-state index in [1.54, 1.807) is 58.3 Å². The largest absolute Gasteiger partial charge is 0.462 e. The lowest BCUT2D eigenvalue weighted by Gasteiger charge is -2.33. The van der Waals surface area contributed by atoms with E-state index in [0.29, 0.717) is 16.9 Å². The van der Waals surface area contributed by atoms with Gasteiger partial charge in [0.1, 0.15) is 12.4 Å². The molecule has 0 aliphatic heterocycles. The highest BCUT2D eigenvalue weighted by Crippen LogP contribution is 2.28. The molecule has 3 rings (SSSR count). The zero-order valence-corrected chi connectivity index (χ0v) is 22.0. The van der Waals surface area contributed by atoms with Crippen LogP contribution >= 0.6 is 23.8 Å². The second-order valence-corrected chi connectivity index (χ2v) is 10.5. The average molecular weight is 534 g/mol. The highest BCUT2D eigenvalue weighted by Gasteiger charge is 2.33. The fourth-order valence-electron chi connectivity index (χ4n) is 3.38. The third kappa shape index (κ3) is 6.44. The van der Waals surface area contributed by atoms with E-state index in [-0.39, 0.29) is 29.0 Å². The van der Waals surface area contributed by atoms with Crippen molar-refractivity contribution in [1.29, 1.82) is 0 Å². The van der Waals surface area contributed by atoms with Crippen molar-refractivity contribution in [3.05, 3.63) is 81.2 Å². The lowest BCUT2D eigenvalue weighted by molar-refractivity contribution is -0.155. The van der Waals surface area contributed by atoms with Gasteiger partial charge in [-0.2, -0.15) is 0 Å². The number of carbonyl (C=O) groups excluding carboxylic acids is 1. The maximum Gasteiger partial charge on any atom is 0.325 e. The molecule has 0 saturated heterocycles. The number of imidazole rings is 1. The van der Waals surface area contributed by atoms with Crippen LogP contribution in [0, 0.1) is 11.2 Å². The van der Waals surface area contributed by atoms with Gasteiger partial charge in [0.25, 0.3) is 0 Å². The molecule has 1 atom stereocenters. The van der Waals surface area contributed by atoms with Gasteiger partial charge in [0.05, 0.1) is 33.9 Å². The van der Waals surface area contributed by atoms with Gasteiger partial charge in [0.2, 0.25) is 0 Å². The summed E-state index contributed by atoms with van der Waals surface area (Å²) in [7, 11) is 0. The van der Waals surface area contributed by atoms with Crippen molar-refractivity contribution in [2.75, 3.05) is 17.7 Å². The first-order valence-corrected chi connectivity index (χ1v) is 11.9. The van der Waals surface area contributed by atoms with Crippen LogP contribution in [0.4, 0.5) is 15.8 Å². The maximum atomic E-state index is 13.8. The number of nitrogens with two attached hydrogens (primary N) is 1. The fraction of sp³-hybridized carbons (Fsp3) is 0.320. The Kier molecular flexibility index (Phi) is 8.10. The fourth-order valence-corrected chi connectivity index (χ4v) is 3.89. The third-order valence-corrected chi connectivity index (χ3v) is 6.05. The predicted molar refractivity (Wildman–Crippen MR) is 144 cm³/mol. The molecule has 1 unspecified atom stereocenters. The van der Waals surface area contributed by atoms with Crippen LogP contribution in [-0.2, 0) is 21.6 Å². The first-order valence-electron chi connectivity index (χ1n) is 11.1. The van der Waals surface area contributed by atoms with Gasteiger partial charge in [0.15, 0.2) is 5.11 Å². The number of aromatic amines is 1. The Labute approximate surface area is 219 Å². The number of H-pyrrole nitrogens is 1. The number of nitrogen functional groups attached to an aromatic ring is 1. The third-order valence-electron chi connectivity index (χ3n) is 5.56. The molecule has 0 spiro atoms. The Hall–Kier alpha value is -3.37. The van der Waals surface area contributed by atoms with Crippen LogP contribution in [0.15, 0.2) is 53.6 Å². The number of nitrogens with zero attached hydrogens (tertiary/aromatic N) is 1. The average Bonchev–Trinajstić information content (AvgIpc) is 3.20. The summed E-state index contributed by atoms with van der Waals surface area (Å²) in [5.74, 6) is -0.971. The zero-order chi connectivity index (χ0) is 26.7. The number of esters is 1. The molecule has 2 aromatic carbocycles. The summed E-state index contributed by atoms with van der Waals surface area (Å²) in [6.45, 7) is 7.19. The molecule has 0 bridgehead atoms. The molecule has 1 aromatic heterocycles. The number of nitrogens with one attached hydrogen (secondary N) is 3. The van der Waals surface area contributed by atoms with Crippen LogP contribution < -0.4 is 22.1 Å². The summed E-state index contributed by atoms with van der Waals surface area (Å²) in [6.07, 6.45) is 3.18. The van der Waals surface area contributed by atoms with E-state index >= 15 is 0 Å². The number of hydrogen-bond acceptors (Lipinski definition) is 5. The summed E-state index contributed by atoms with van der Waals surface area (Å²) in [5, 5.41) is 6.34. The first-order chi connectivity index (χ1) is 16.8. The molecular weight excluding hydrogens is 505 g/mol. The van der Waals surface area contributed by atoms with Gasteiger partial charge in [-0.05, 0) is 69.2 Å². The molecule has 0 saturated carbocycles. The summed E-state index contributed by atoms with van der Waals surface area (Å²) >= 11 is 11.6. The van der Waals surface area contributed by atoms with Crippen molar-refractivity contribution in [3.8, 4) is 0 Å². The molecule has 1 heterocycles. The standard InChI is InChI=1S/C25H29ClFN5O3S/c1-24(2,3)21(33)35-14-25(4,16-8-9-18(27)17(26)12-16)31-22(36)30-19-7-5-6-15(20(19)28)13-32-11-10-29-23(32)34/h5-12H,13-14,28H2,1-4H3,(H,29,34)(H2,30,31,36). The number of carbonyl (C=O) groups is 1. The van der Waals surface area contributed by atoms with Crippen LogP contribution in [0.2, 0.25) is 5.02 Å². The van der Waals surface area contributed by atoms with Gasteiger partial charge in [-0.1, -0.05) is 29.8 Å². The second kappa shape index (κ2) is 10.7. The van der Waals surface area contributed by atoms with Crippen molar-refractivity contribution in [2.24, 2.45) is 5.41 Å². The van der Waals surface area contributed by atoms with Crippen molar-refractivity contribution >= 4 is 46.3 Å². The number of halogens is 2. The normalized spacial score (nSPS) is 13.1. The molecule has 192 valence electrons. The monoisotopic (exact) mass is 533 g/mol. The minimum atomic E-state index is -1.05. The number of benzene rings is 2. The Morgan fingerprint density at radius 3 is 2.58 bits per heavy atom. The minimum absolute atomic E-state index is 0.0708. The van der Waals surface area contributed by atoms with E-state index < -0.39 is 22.7 Å². The van der Waals surface area contributed by atoms with E-state index in [9.17, 15) is 14.0 Å². The van der Waals surface area contributed by atoms with E-state index in [1.165, 1.54) is 16.7 Å². The number of para-hydroxylation sites is 1. The predicted octanol–water partition coefficient (Wildman–Crippen LogP) is 4.39. The molecule has 36 heavy (non-hydrogen) atoms. The van der Waals surface area contributed by atoms with Gasteiger partial charge in [-0.15, -0.1) is 0 Å². The molecule has 11 heteroatoms. The maximum absolute atomic E-state index is 13.8. The number of rotatable bonds is 7. The molecule has 0 radical (unpaired) electrons. The molecule has 0 amide bonds. The van der Waals surface area contributed by atoms with Gasteiger partial charge in [0, 0.05) is 12.4 Å². The lowest BCUT2D eigenvalue weighted by atomic mass is 9.92. The zero-order valence-electron chi connectivity index (χ0n) is 20.4. The molecule has 5 N–H and O–H groups in total. The summed E-state index contributed by atoms with van der Waals surface area (Å²) < 4.78 is 20.9. The van der Waals surface area contributed by atoms with Crippen LogP contribution in [0.5, 0.6) is 0 Å². The molecule has 8 nitrogen and oxygen atoms in total. The van der Waals surface area contributed by atoms with Crippen molar-refractivity contribution in [3.63, 3.8) is 0 Å². The number of aromatic nitrogens is 2. The molecule has 0 fully saturated rings. The quantitative estimate of drug-likeness (QED) is 0.202. The first kappa shape index (κ1) is 27.2. The number of thiocarbonyl (C=S) groups is 1. The Balaban J connectivity index is 1.83.